The van der Waals surface area contributed by atoms with E-state index in [1.54, 1.807) is 4.90 Å². The number of benzene rings is 1. The standard InChI is InChI=1S/C22H29N5O2/c1-3-29-22(28)26-12-9-19(10-13-26)24-20-14-16(2)23-21(25-20)27-11-8-17-6-4-5-7-18(17)15-27/h4-7,14,19H,3,8-13,15H2,1-2H3,(H,23,24,25). The zero-order valence-electron chi connectivity index (χ0n) is 17.2. The van der Waals surface area contributed by atoms with Gasteiger partial charge in [0.2, 0.25) is 5.95 Å². The second-order valence-electron chi connectivity index (χ2n) is 7.74. The molecule has 4 rings (SSSR count). The zero-order chi connectivity index (χ0) is 20.2. The molecule has 2 aromatic rings. The van der Waals surface area contributed by atoms with Crippen molar-refractivity contribution in [1.29, 1.82) is 0 Å². The third kappa shape index (κ3) is 4.60. The zero-order valence-corrected chi connectivity index (χ0v) is 17.2. The molecule has 1 aromatic carbocycles. The quantitative estimate of drug-likeness (QED) is 0.856. The molecule has 7 nitrogen and oxygen atoms in total. The highest BCUT2D eigenvalue weighted by Crippen LogP contribution is 2.24. The summed E-state index contributed by atoms with van der Waals surface area (Å²) in [4.78, 5) is 25.4. The van der Waals surface area contributed by atoms with Crippen LogP contribution in [0.1, 0.15) is 36.6 Å². The van der Waals surface area contributed by atoms with Gasteiger partial charge in [-0.3, -0.25) is 0 Å². The lowest BCUT2D eigenvalue weighted by atomic mass is 10.0. The van der Waals surface area contributed by atoms with Crippen molar-refractivity contribution in [2.45, 2.75) is 45.7 Å². The molecule has 0 aliphatic carbocycles. The van der Waals surface area contributed by atoms with Gasteiger partial charge in [0, 0.05) is 44.0 Å². The van der Waals surface area contributed by atoms with Crippen LogP contribution in [0, 0.1) is 6.92 Å². The molecule has 1 amide bonds. The number of fused-ring (bicyclic) bond motifs is 1. The van der Waals surface area contributed by atoms with Gasteiger partial charge in [-0.15, -0.1) is 0 Å². The molecule has 3 heterocycles. The van der Waals surface area contributed by atoms with Crippen LogP contribution >= 0.6 is 0 Å². The third-order valence-corrected chi connectivity index (χ3v) is 5.63. The number of ether oxygens (including phenoxy) is 1. The molecular formula is C22H29N5O2. The number of nitrogens with one attached hydrogen (secondary N) is 1. The molecule has 1 N–H and O–H groups in total. The van der Waals surface area contributed by atoms with Gasteiger partial charge in [-0.05, 0) is 44.2 Å². The van der Waals surface area contributed by atoms with E-state index in [9.17, 15) is 4.79 Å². The maximum Gasteiger partial charge on any atom is 0.409 e. The van der Waals surface area contributed by atoms with E-state index in [0.29, 0.717) is 25.7 Å². The summed E-state index contributed by atoms with van der Waals surface area (Å²) in [6.45, 7) is 7.45. The third-order valence-electron chi connectivity index (χ3n) is 5.63. The van der Waals surface area contributed by atoms with E-state index in [1.165, 1.54) is 11.1 Å². The molecule has 0 spiro atoms. The van der Waals surface area contributed by atoms with Gasteiger partial charge in [0.05, 0.1) is 6.61 Å². The maximum absolute atomic E-state index is 11.9. The molecule has 0 atom stereocenters. The van der Waals surface area contributed by atoms with E-state index in [0.717, 1.165) is 49.8 Å². The predicted octanol–water partition coefficient (Wildman–Crippen LogP) is 3.38. The highest BCUT2D eigenvalue weighted by Gasteiger charge is 2.24. The molecular weight excluding hydrogens is 366 g/mol. The first-order valence-electron chi connectivity index (χ1n) is 10.5. The summed E-state index contributed by atoms with van der Waals surface area (Å²) in [5.74, 6) is 1.65. The van der Waals surface area contributed by atoms with Crippen molar-refractivity contribution in [2.75, 3.05) is 36.5 Å². The lowest BCUT2D eigenvalue weighted by Gasteiger charge is -2.32. The van der Waals surface area contributed by atoms with E-state index in [2.05, 4.69) is 39.5 Å². The molecule has 0 saturated carbocycles. The van der Waals surface area contributed by atoms with E-state index in [-0.39, 0.29) is 6.09 Å². The second kappa shape index (κ2) is 8.68. The van der Waals surface area contributed by atoms with Crippen LogP contribution in [-0.4, -0.2) is 53.2 Å². The number of anilines is 2. The number of hydrogen-bond acceptors (Lipinski definition) is 6. The summed E-state index contributed by atoms with van der Waals surface area (Å²) in [6.07, 6.45) is 2.57. The van der Waals surface area contributed by atoms with Crippen molar-refractivity contribution in [1.82, 2.24) is 14.9 Å². The van der Waals surface area contributed by atoms with Gasteiger partial charge in [0.25, 0.3) is 0 Å². The van der Waals surface area contributed by atoms with Gasteiger partial charge in [0.15, 0.2) is 0 Å². The van der Waals surface area contributed by atoms with Gasteiger partial charge in [-0.2, -0.15) is 4.98 Å². The molecule has 1 fully saturated rings. The fourth-order valence-corrected chi connectivity index (χ4v) is 4.06. The van der Waals surface area contributed by atoms with Crippen molar-refractivity contribution >= 4 is 17.9 Å². The van der Waals surface area contributed by atoms with E-state index in [1.807, 2.05) is 19.9 Å². The molecule has 0 bridgehead atoms. The SMILES string of the molecule is CCOC(=O)N1CCC(Nc2cc(C)nc(N3CCc4ccccc4C3)n2)CC1. The normalized spacial score (nSPS) is 17.0. The van der Waals surface area contributed by atoms with E-state index in [4.69, 9.17) is 9.72 Å². The summed E-state index contributed by atoms with van der Waals surface area (Å²) in [7, 11) is 0. The number of carbonyl (C=O) groups is 1. The smallest absolute Gasteiger partial charge is 0.409 e. The molecule has 1 saturated heterocycles. The van der Waals surface area contributed by atoms with Crippen molar-refractivity contribution < 1.29 is 9.53 Å². The van der Waals surface area contributed by atoms with Gasteiger partial charge in [-0.1, -0.05) is 24.3 Å². The van der Waals surface area contributed by atoms with E-state index >= 15 is 0 Å². The summed E-state index contributed by atoms with van der Waals surface area (Å²) in [5, 5.41) is 3.56. The van der Waals surface area contributed by atoms with Crippen molar-refractivity contribution in [2.24, 2.45) is 0 Å². The molecule has 0 unspecified atom stereocenters. The Balaban J connectivity index is 1.40. The van der Waals surface area contributed by atoms with Crippen LogP contribution in [0.4, 0.5) is 16.6 Å². The Labute approximate surface area is 172 Å². The molecule has 2 aliphatic rings. The number of likely N-dealkylation sites (tertiary alicyclic amines) is 1. The lowest BCUT2D eigenvalue weighted by molar-refractivity contribution is 0.0983. The monoisotopic (exact) mass is 395 g/mol. The van der Waals surface area contributed by atoms with Crippen LogP contribution < -0.4 is 10.2 Å². The van der Waals surface area contributed by atoms with Gasteiger partial charge >= 0.3 is 6.09 Å². The summed E-state index contributed by atoms with van der Waals surface area (Å²) in [6, 6.07) is 10.9. The number of aryl methyl sites for hydroxylation is 1. The highest BCUT2D eigenvalue weighted by molar-refractivity contribution is 5.67. The van der Waals surface area contributed by atoms with E-state index < -0.39 is 0 Å². The summed E-state index contributed by atoms with van der Waals surface area (Å²) in [5.41, 5.74) is 3.73. The van der Waals surface area contributed by atoms with Crippen LogP contribution in [0.3, 0.4) is 0 Å². The summed E-state index contributed by atoms with van der Waals surface area (Å²) < 4.78 is 5.10. The lowest BCUT2D eigenvalue weighted by Crippen LogP contribution is -2.42. The number of amides is 1. The Morgan fingerprint density at radius 3 is 2.69 bits per heavy atom. The van der Waals surface area contributed by atoms with Crippen LogP contribution in [-0.2, 0) is 17.7 Å². The Morgan fingerprint density at radius 1 is 1.17 bits per heavy atom. The first-order chi connectivity index (χ1) is 14.1. The largest absolute Gasteiger partial charge is 0.450 e. The fraction of sp³-hybridized carbons (Fsp3) is 0.500. The van der Waals surface area contributed by atoms with Gasteiger partial charge < -0.3 is 19.9 Å². The molecule has 154 valence electrons. The van der Waals surface area contributed by atoms with Gasteiger partial charge in [-0.25, -0.2) is 9.78 Å². The average molecular weight is 396 g/mol. The Hall–Kier alpha value is -2.83. The number of aromatic nitrogens is 2. The highest BCUT2D eigenvalue weighted by atomic mass is 16.6. The Morgan fingerprint density at radius 2 is 1.93 bits per heavy atom. The number of carbonyl (C=O) groups excluding carboxylic acids is 1. The number of nitrogens with zero attached hydrogens (tertiary/aromatic N) is 4. The summed E-state index contributed by atoms with van der Waals surface area (Å²) >= 11 is 0. The van der Waals surface area contributed by atoms with Crippen LogP contribution in [0.15, 0.2) is 30.3 Å². The van der Waals surface area contributed by atoms with Crippen molar-refractivity contribution in [3.8, 4) is 0 Å². The van der Waals surface area contributed by atoms with Gasteiger partial charge in [0.1, 0.15) is 5.82 Å². The number of piperidine rings is 1. The molecule has 7 heteroatoms. The second-order valence-corrected chi connectivity index (χ2v) is 7.74. The molecule has 1 aromatic heterocycles. The minimum atomic E-state index is -0.212. The van der Waals surface area contributed by atoms with Crippen molar-refractivity contribution in [3.05, 3.63) is 47.2 Å². The molecule has 0 radical (unpaired) electrons. The first kappa shape index (κ1) is 19.5. The number of hydrogen-bond donors (Lipinski definition) is 1. The minimum absolute atomic E-state index is 0.212. The van der Waals surface area contributed by atoms with Crippen LogP contribution in [0.2, 0.25) is 0 Å². The Kier molecular flexibility index (Phi) is 5.83. The van der Waals surface area contributed by atoms with Crippen LogP contribution in [0.25, 0.3) is 0 Å². The first-order valence-corrected chi connectivity index (χ1v) is 10.5. The maximum atomic E-state index is 11.9. The Bertz CT molecular complexity index is 864. The average Bonchev–Trinajstić information content (AvgIpc) is 2.73. The molecule has 29 heavy (non-hydrogen) atoms. The van der Waals surface area contributed by atoms with Crippen molar-refractivity contribution in [3.63, 3.8) is 0 Å². The predicted molar refractivity (Wildman–Crippen MR) is 113 cm³/mol. The molecule has 2 aliphatic heterocycles. The fourth-order valence-electron chi connectivity index (χ4n) is 4.06. The minimum Gasteiger partial charge on any atom is -0.450 e. The topological polar surface area (TPSA) is 70.6 Å². The number of rotatable bonds is 4. The van der Waals surface area contributed by atoms with Crippen LogP contribution in [0.5, 0.6) is 0 Å².